The second-order valence-corrected chi connectivity index (χ2v) is 7.24. The van der Waals surface area contributed by atoms with E-state index in [1.165, 1.54) is 23.8 Å². The van der Waals surface area contributed by atoms with Crippen molar-refractivity contribution in [3.63, 3.8) is 0 Å². The molecule has 0 unspecified atom stereocenters. The molecule has 0 spiro atoms. The fraction of sp³-hybridized carbons (Fsp3) is 0.0800. The van der Waals surface area contributed by atoms with Crippen molar-refractivity contribution in [1.82, 2.24) is 14.7 Å². The highest BCUT2D eigenvalue weighted by molar-refractivity contribution is 5.84. The number of aromatic nitrogens is 2. The SMILES string of the molecule is Fc1ccc2c(c1)ncc1c(CNCc3ccccc3)cc(-c3ccccc3F)n12. The third-order valence-corrected chi connectivity index (χ3v) is 5.26. The van der Waals surface area contributed by atoms with Crippen LogP contribution in [0.3, 0.4) is 0 Å². The lowest BCUT2D eigenvalue weighted by Crippen LogP contribution is -2.12. The van der Waals surface area contributed by atoms with E-state index in [1.807, 2.05) is 34.7 Å². The molecule has 2 heterocycles. The molecule has 0 saturated carbocycles. The Morgan fingerprint density at radius 3 is 2.43 bits per heavy atom. The lowest BCUT2D eigenvalue weighted by molar-refractivity contribution is 0.628. The molecule has 2 aromatic heterocycles. The number of halogens is 2. The van der Waals surface area contributed by atoms with Gasteiger partial charge in [0.1, 0.15) is 11.6 Å². The van der Waals surface area contributed by atoms with E-state index in [-0.39, 0.29) is 11.6 Å². The summed E-state index contributed by atoms with van der Waals surface area (Å²) in [6.45, 7) is 1.32. The fourth-order valence-corrected chi connectivity index (χ4v) is 3.84. The molecule has 0 aliphatic carbocycles. The molecule has 5 heteroatoms. The highest BCUT2D eigenvalue weighted by Crippen LogP contribution is 2.31. The molecule has 0 amide bonds. The molecule has 0 atom stereocenters. The van der Waals surface area contributed by atoms with Crippen LogP contribution in [0.4, 0.5) is 8.78 Å². The Balaban J connectivity index is 1.63. The Bertz CT molecular complexity index is 1340. The topological polar surface area (TPSA) is 29.3 Å². The quantitative estimate of drug-likeness (QED) is 0.409. The largest absolute Gasteiger partial charge is 0.309 e. The third-order valence-electron chi connectivity index (χ3n) is 5.26. The summed E-state index contributed by atoms with van der Waals surface area (Å²) in [5, 5.41) is 3.45. The molecule has 0 fully saturated rings. The molecule has 30 heavy (non-hydrogen) atoms. The number of nitrogens with zero attached hydrogens (tertiary/aromatic N) is 2. The zero-order valence-corrected chi connectivity index (χ0v) is 16.1. The van der Waals surface area contributed by atoms with Crippen molar-refractivity contribution in [1.29, 1.82) is 0 Å². The molecule has 3 nitrogen and oxygen atoms in total. The van der Waals surface area contributed by atoms with Gasteiger partial charge in [0.2, 0.25) is 0 Å². The van der Waals surface area contributed by atoms with Crippen molar-refractivity contribution < 1.29 is 8.78 Å². The van der Waals surface area contributed by atoms with Gasteiger partial charge in [0.25, 0.3) is 0 Å². The van der Waals surface area contributed by atoms with Crippen LogP contribution in [0, 0.1) is 11.6 Å². The molecule has 148 valence electrons. The maximum absolute atomic E-state index is 14.6. The van der Waals surface area contributed by atoms with Crippen LogP contribution in [-0.2, 0) is 13.1 Å². The molecule has 0 aliphatic heterocycles. The van der Waals surface area contributed by atoms with Crippen molar-refractivity contribution in [2.24, 2.45) is 0 Å². The summed E-state index contributed by atoms with van der Waals surface area (Å²) < 4.78 is 30.3. The van der Waals surface area contributed by atoms with Gasteiger partial charge in [-0.15, -0.1) is 0 Å². The van der Waals surface area contributed by atoms with E-state index in [0.717, 1.165) is 28.8 Å². The van der Waals surface area contributed by atoms with Gasteiger partial charge < -0.3 is 9.72 Å². The van der Waals surface area contributed by atoms with E-state index < -0.39 is 0 Å². The average Bonchev–Trinajstić information content (AvgIpc) is 3.13. The molecule has 5 rings (SSSR count). The van der Waals surface area contributed by atoms with Crippen molar-refractivity contribution in [3.05, 3.63) is 108 Å². The number of hydrogen-bond donors (Lipinski definition) is 1. The fourth-order valence-electron chi connectivity index (χ4n) is 3.84. The Labute approximate surface area is 172 Å². The highest BCUT2D eigenvalue weighted by atomic mass is 19.1. The first-order valence-electron chi connectivity index (χ1n) is 9.79. The van der Waals surface area contributed by atoms with Gasteiger partial charge in [0.15, 0.2) is 0 Å². The Morgan fingerprint density at radius 1 is 0.800 bits per heavy atom. The van der Waals surface area contributed by atoms with Crippen molar-refractivity contribution >= 4 is 16.6 Å². The van der Waals surface area contributed by atoms with Crippen LogP contribution in [0.1, 0.15) is 11.1 Å². The number of nitrogens with one attached hydrogen (secondary N) is 1. The molecule has 0 radical (unpaired) electrons. The van der Waals surface area contributed by atoms with Crippen LogP contribution in [-0.4, -0.2) is 9.38 Å². The van der Waals surface area contributed by atoms with E-state index in [2.05, 4.69) is 22.4 Å². The van der Waals surface area contributed by atoms with Crippen LogP contribution in [0.2, 0.25) is 0 Å². The number of hydrogen-bond acceptors (Lipinski definition) is 2. The summed E-state index contributed by atoms with van der Waals surface area (Å²) in [6.07, 6.45) is 1.73. The maximum atomic E-state index is 14.6. The Hall–Kier alpha value is -3.57. The van der Waals surface area contributed by atoms with Crippen LogP contribution >= 0.6 is 0 Å². The van der Waals surface area contributed by atoms with E-state index in [9.17, 15) is 8.78 Å². The van der Waals surface area contributed by atoms with Crippen molar-refractivity contribution in [3.8, 4) is 11.3 Å². The van der Waals surface area contributed by atoms with Gasteiger partial charge in [-0.25, -0.2) is 8.78 Å². The van der Waals surface area contributed by atoms with Gasteiger partial charge >= 0.3 is 0 Å². The van der Waals surface area contributed by atoms with Gasteiger partial charge in [0, 0.05) is 24.7 Å². The highest BCUT2D eigenvalue weighted by Gasteiger charge is 2.16. The van der Waals surface area contributed by atoms with E-state index in [0.29, 0.717) is 17.6 Å². The summed E-state index contributed by atoms with van der Waals surface area (Å²) in [5.74, 6) is -0.647. The van der Waals surface area contributed by atoms with Crippen LogP contribution < -0.4 is 5.32 Å². The minimum atomic E-state index is -0.348. The van der Waals surface area contributed by atoms with Crippen LogP contribution in [0.15, 0.2) is 85.1 Å². The Kier molecular flexibility index (Phi) is 4.73. The molecule has 1 N–H and O–H groups in total. The molecular formula is C25H19F2N3. The van der Waals surface area contributed by atoms with Gasteiger partial charge in [-0.2, -0.15) is 0 Å². The third kappa shape index (κ3) is 3.33. The smallest absolute Gasteiger partial charge is 0.132 e. The van der Waals surface area contributed by atoms with E-state index in [4.69, 9.17) is 0 Å². The molecule has 3 aromatic carbocycles. The second kappa shape index (κ2) is 7.69. The van der Waals surface area contributed by atoms with E-state index in [1.54, 1.807) is 24.4 Å². The molecule has 5 aromatic rings. The monoisotopic (exact) mass is 399 g/mol. The number of benzene rings is 3. The zero-order chi connectivity index (χ0) is 20.5. The second-order valence-electron chi connectivity index (χ2n) is 7.24. The Morgan fingerprint density at radius 2 is 1.60 bits per heavy atom. The summed E-state index contributed by atoms with van der Waals surface area (Å²) in [7, 11) is 0. The average molecular weight is 399 g/mol. The normalized spacial score (nSPS) is 11.4. The molecular weight excluding hydrogens is 380 g/mol. The first-order valence-corrected chi connectivity index (χ1v) is 9.79. The number of fused-ring (bicyclic) bond motifs is 3. The first-order chi connectivity index (χ1) is 14.7. The first kappa shape index (κ1) is 18.5. The molecule has 0 aliphatic rings. The van der Waals surface area contributed by atoms with Crippen LogP contribution in [0.5, 0.6) is 0 Å². The van der Waals surface area contributed by atoms with Gasteiger partial charge in [0.05, 0.1) is 28.4 Å². The minimum Gasteiger partial charge on any atom is -0.309 e. The zero-order valence-electron chi connectivity index (χ0n) is 16.1. The van der Waals surface area contributed by atoms with E-state index >= 15 is 0 Å². The maximum Gasteiger partial charge on any atom is 0.132 e. The minimum absolute atomic E-state index is 0.298. The predicted molar refractivity (Wildman–Crippen MR) is 115 cm³/mol. The lowest BCUT2D eigenvalue weighted by Gasteiger charge is -2.09. The summed E-state index contributed by atoms with van der Waals surface area (Å²) in [5.41, 5.74) is 5.54. The lowest BCUT2D eigenvalue weighted by atomic mass is 10.1. The van der Waals surface area contributed by atoms with Crippen molar-refractivity contribution in [2.45, 2.75) is 13.1 Å². The van der Waals surface area contributed by atoms with Gasteiger partial charge in [-0.3, -0.25) is 4.98 Å². The van der Waals surface area contributed by atoms with Gasteiger partial charge in [-0.05, 0) is 41.5 Å². The van der Waals surface area contributed by atoms with Crippen LogP contribution in [0.25, 0.3) is 27.8 Å². The summed E-state index contributed by atoms with van der Waals surface area (Å²) in [4.78, 5) is 4.44. The predicted octanol–water partition coefficient (Wildman–Crippen LogP) is 5.72. The van der Waals surface area contributed by atoms with Crippen molar-refractivity contribution in [2.75, 3.05) is 0 Å². The summed E-state index contributed by atoms with van der Waals surface area (Å²) in [6, 6.07) is 23.3. The standard InChI is InChI=1S/C25H19F2N3/c26-19-10-11-23-22(13-19)29-16-25-18(15-28-14-17-6-2-1-3-7-17)12-24(30(23)25)20-8-4-5-9-21(20)27/h1-13,16,28H,14-15H2. The molecule has 0 saturated heterocycles. The van der Waals surface area contributed by atoms with Gasteiger partial charge in [-0.1, -0.05) is 42.5 Å². The number of rotatable bonds is 5. The summed E-state index contributed by atoms with van der Waals surface area (Å²) >= 11 is 0. The molecule has 0 bridgehead atoms.